The van der Waals surface area contributed by atoms with Crippen LogP contribution in [0.15, 0.2) is 18.3 Å². The van der Waals surface area contributed by atoms with Crippen LogP contribution < -0.4 is 5.73 Å². The third-order valence-corrected chi connectivity index (χ3v) is 4.18. The highest BCUT2D eigenvalue weighted by Crippen LogP contribution is 2.26. The van der Waals surface area contributed by atoms with Crippen LogP contribution in [0.4, 0.5) is 0 Å². The maximum absolute atomic E-state index is 6.32. The van der Waals surface area contributed by atoms with E-state index in [1.807, 2.05) is 12.3 Å². The van der Waals surface area contributed by atoms with E-state index in [0.29, 0.717) is 0 Å². The van der Waals surface area contributed by atoms with Gasteiger partial charge in [0.25, 0.3) is 0 Å². The molecular formula is C16H26N2. The van der Waals surface area contributed by atoms with Crippen LogP contribution in [0.3, 0.4) is 0 Å². The van der Waals surface area contributed by atoms with Crippen LogP contribution in [-0.4, -0.2) is 11.0 Å². The Bertz CT molecular complexity index is 354. The molecule has 2 nitrogen and oxygen atoms in total. The Morgan fingerprint density at radius 2 is 2.00 bits per heavy atom. The maximum atomic E-state index is 6.32. The zero-order chi connectivity index (χ0) is 12.8. The van der Waals surface area contributed by atoms with Gasteiger partial charge in [-0.1, -0.05) is 44.6 Å². The van der Waals surface area contributed by atoms with Crippen molar-refractivity contribution in [1.82, 2.24) is 4.98 Å². The molecule has 2 rings (SSSR count). The van der Waals surface area contributed by atoms with Gasteiger partial charge in [0.15, 0.2) is 0 Å². The van der Waals surface area contributed by atoms with Gasteiger partial charge in [-0.3, -0.25) is 4.98 Å². The van der Waals surface area contributed by atoms with E-state index in [1.165, 1.54) is 56.2 Å². The van der Waals surface area contributed by atoms with E-state index in [4.69, 9.17) is 5.73 Å². The summed E-state index contributed by atoms with van der Waals surface area (Å²) in [4.78, 5) is 4.45. The molecule has 2 N–H and O–H groups in total. The molecule has 0 aliphatic heterocycles. The second-order valence-corrected chi connectivity index (χ2v) is 5.82. The van der Waals surface area contributed by atoms with E-state index in [1.54, 1.807) is 0 Å². The average molecular weight is 246 g/mol. The first-order valence-electron chi connectivity index (χ1n) is 7.42. The van der Waals surface area contributed by atoms with E-state index in [2.05, 4.69) is 18.0 Å². The van der Waals surface area contributed by atoms with E-state index >= 15 is 0 Å². The van der Waals surface area contributed by atoms with Crippen LogP contribution in [0, 0.1) is 12.8 Å². The minimum absolute atomic E-state index is 0.279. The standard InChI is InChI=1S/C16H26N2/c1-13-7-6-10-18-16(13)12-15(17)11-14-8-4-2-3-5-9-14/h6-7,10,14-15H,2-5,8-9,11-12,17H2,1H3. The Labute approximate surface area is 111 Å². The molecule has 1 fully saturated rings. The number of hydrogen-bond acceptors (Lipinski definition) is 2. The molecule has 0 amide bonds. The summed E-state index contributed by atoms with van der Waals surface area (Å²) in [7, 11) is 0. The zero-order valence-corrected chi connectivity index (χ0v) is 11.6. The molecule has 0 aromatic carbocycles. The van der Waals surface area contributed by atoms with E-state index in [-0.39, 0.29) is 6.04 Å². The predicted molar refractivity (Wildman–Crippen MR) is 76.5 cm³/mol. The van der Waals surface area contributed by atoms with E-state index in [0.717, 1.165) is 12.3 Å². The minimum Gasteiger partial charge on any atom is -0.327 e. The smallest absolute Gasteiger partial charge is 0.0448 e. The van der Waals surface area contributed by atoms with Crippen molar-refractivity contribution in [3.63, 3.8) is 0 Å². The lowest BCUT2D eigenvalue weighted by atomic mass is 9.91. The number of nitrogens with zero attached hydrogens (tertiary/aromatic N) is 1. The van der Waals surface area contributed by atoms with Crippen LogP contribution in [0.25, 0.3) is 0 Å². The zero-order valence-electron chi connectivity index (χ0n) is 11.6. The summed E-state index contributed by atoms with van der Waals surface area (Å²) in [5, 5.41) is 0. The molecule has 1 heterocycles. The van der Waals surface area contributed by atoms with Crippen molar-refractivity contribution < 1.29 is 0 Å². The monoisotopic (exact) mass is 246 g/mol. The first kappa shape index (κ1) is 13.5. The summed E-state index contributed by atoms with van der Waals surface area (Å²) in [5.41, 5.74) is 8.77. The highest BCUT2D eigenvalue weighted by Gasteiger charge is 2.16. The van der Waals surface area contributed by atoms with Gasteiger partial charge in [0.05, 0.1) is 0 Å². The normalized spacial score (nSPS) is 19.4. The van der Waals surface area contributed by atoms with Gasteiger partial charge in [0.2, 0.25) is 0 Å². The maximum Gasteiger partial charge on any atom is 0.0448 e. The Morgan fingerprint density at radius 3 is 2.67 bits per heavy atom. The summed E-state index contributed by atoms with van der Waals surface area (Å²) in [6.45, 7) is 2.13. The molecule has 100 valence electrons. The Kier molecular flexibility index (Phi) is 5.18. The Balaban J connectivity index is 1.84. The third kappa shape index (κ3) is 4.09. The van der Waals surface area contributed by atoms with Gasteiger partial charge >= 0.3 is 0 Å². The Morgan fingerprint density at radius 1 is 1.28 bits per heavy atom. The fraction of sp³-hybridized carbons (Fsp3) is 0.688. The second kappa shape index (κ2) is 6.89. The number of aromatic nitrogens is 1. The van der Waals surface area contributed by atoms with Gasteiger partial charge in [0.1, 0.15) is 0 Å². The molecule has 2 heteroatoms. The largest absolute Gasteiger partial charge is 0.327 e. The van der Waals surface area contributed by atoms with Crippen molar-refractivity contribution in [1.29, 1.82) is 0 Å². The minimum atomic E-state index is 0.279. The fourth-order valence-corrected chi connectivity index (χ4v) is 3.09. The number of nitrogens with two attached hydrogens (primary N) is 1. The van der Waals surface area contributed by atoms with Gasteiger partial charge in [-0.05, 0) is 30.9 Å². The first-order valence-corrected chi connectivity index (χ1v) is 7.42. The van der Waals surface area contributed by atoms with Gasteiger partial charge in [-0.15, -0.1) is 0 Å². The predicted octanol–water partition coefficient (Wildman–Crippen LogP) is 3.62. The van der Waals surface area contributed by atoms with Crippen molar-refractivity contribution >= 4 is 0 Å². The van der Waals surface area contributed by atoms with Crippen molar-refractivity contribution in [2.24, 2.45) is 11.7 Å². The van der Waals surface area contributed by atoms with E-state index < -0.39 is 0 Å². The van der Waals surface area contributed by atoms with Crippen LogP contribution >= 0.6 is 0 Å². The lowest BCUT2D eigenvalue weighted by Gasteiger charge is -2.19. The SMILES string of the molecule is Cc1cccnc1CC(N)CC1CCCCCC1. The highest BCUT2D eigenvalue weighted by molar-refractivity contribution is 5.18. The molecule has 1 saturated carbocycles. The molecule has 1 aromatic heterocycles. The van der Waals surface area contributed by atoms with Gasteiger partial charge < -0.3 is 5.73 Å². The fourth-order valence-electron chi connectivity index (χ4n) is 3.09. The molecule has 1 aliphatic carbocycles. The molecule has 1 atom stereocenters. The van der Waals surface area contributed by atoms with E-state index in [9.17, 15) is 0 Å². The molecule has 1 aromatic rings. The molecule has 0 saturated heterocycles. The second-order valence-electron chi connectivity index (χ2n) is 5.82. The molecule has 0 spiro atoms. The highest BCUT2D eigenvalue weighted by atomic mass is 14.7. The molecule has 1 aliphatic rings. The quantitative estimate of drug-likeness (QED) is 0.824. The summed E-state index contributed by atoms with van der Waals surface area (Å²) < 4.78 is 0. The van der Waals surface area contributed by atoms with Crippen molar-refractivity contribution in [2.45, 2.75) is 64.3 Å². The number of pyridine rings is 1. The topological polar surface area (TPSA) is 38.9 Å². The first-order chi connectivity index (χ1) is 8.75. The number of aryl methyl sites for hydroxylation is 1. The summed E-state index contributed by atoms with van der Waals surface area (Å²) >= 11 is 0. The van der Waals surface area contributed by atoms with Crippen molar-refractivity contribution in [3.8, 4) is 0 Å². The van der Waals surface area contributed by atoms with Crippen LogP contribution in [0.5, 0.6) is 0 Å². The van der Waals surface area contributed by atoms with Crippen molar-refractivity contribution in [2.75, 3.05) is 0 Å². The molecule has 1 unspecified atom stereocenters. The average Bonchev–Trinajstić information content (AvgIpc) is 2.61. The number of rotatable bonds is 4. The summed E-state index contributed by atoms with van der Waals surface area (Å²) in [6.07, 6.45) is 12.4. The Hall–Kier alpha value is -0.890. The summed E-state index contributed by atoms with van der Waals surface area (Å²) in [5.74, 6) is 0.853. The molecule has 18 heavy (non-hydrogen) atoms. The van der Waals surface area contributed by atoms with Gasteiger partial charge in [-0.25, -0.2) is 0 Å². The number of hydrogen-bond donors (Lipinski definition) is 1. The molecule has 0 radical (unpaired) electrons. The van der Waals surface area contributed by atoms with Crippen molar-refractivity contribution in [3.05, 3.63) is 29.6 Å². The lowest BCUT2D eigenvalue weighted by molar-refractivity contribution is 0.385. The third-order valence-electron chi connectivity index (χ3n) is 4.18. The molecular weight excluding hydrogens is 220 g/mol. The van der Waals surface area contributed by atoms with Gasteiger partial charge in [0, 0.05) is 24.4 Å². The van der Waals surface area contributed by atoms with Gasteiger partial charge in [-0.2, -0.15) is 0 Å². The summed E-state index contributed by atoms with van der Waals surface area (Å²) in [6, 6.07) is 4.40. The lowest BCUT2D eigenvalue weighted by Crippen LogP contribution is -2.26. The van der Waals surface area contributed by atoms with Crippen LogP contribution in [-0.2, 0) is 6.42 Å². The van der Waals surface area contributed by atoms with Crippen LogP contribution in [0.1, 0.15) is 56.2 Å². The molecule has 0 bridgehead atoms. The van der Waals surface area contributed by atoms with Crippen LogP contribution in [0.2, 0.25) is 0 Å².